The molecule has 0 atom stereocenters. The smallest absolute Gasteiger partial charge is 0.407 e. The first-order valence-electron chi connectivity index (χ1n) is 7.54. The topological polar surface area (TPSA) is 50.4 Å². The third-order valence-electron chi connectivity index (χ3n) is 2.95. The van der Waals surface area contributed by atoms with E-state index in [0.717, 1.165) is 6.54 Å². The summed E-state index contributed by atoms with van der Waals surface area (Å²) in [6, 6.07) is 8.62. The zero-order chi connectivity index (χ0) is 15.9. The van der Waals surface area contributed by atoms with Crippen molar-refractivity contribution in [3.63, 3.8) is 0 Å². The third-order valence-corrected chi connectivity index (χ3v) is 2.95. The number of carbonyl (C=O) groups excluding carboxylic acids is 1. The van der Waals surface area contributed by atoms with E-state index in [-0.39, 0.29) is 6.09 Å². The molecule has 0 aliphatic rings. The fourth-order valence-electron chi connectivity index (χ4n) is 1.82. The molecule has 0 bridgehead atoms. The van der Waals surface area contributed by atoms with Crippen molar-refractivity contribution in [2.45, 2.75) is 52.7 Å². The van der Waals surface area contributed by atoms with Crippen LogP contribution in [0.5, 0.6) is 0 Å². The standard InChI is InChI=1S/C17H28N2O2/c1-13(2)15-8-6-14(7-9-15)12-18-10-11-19-16(20)21-17(3,4)5/h6-9,13,18H,10-12H2,1-5H3,(H,19,20). The number of carbonyl (C=O) groups is 1. The summed E-state index contributed by atoms with van der Waals surface area (Å²) >= 11 is 0. The Hall–Kier alpha value is -1.55. The SMILES string of the molecule is CC(C)c1ccc(CNCCNC(=O)OC(C)(C)C)cc1. The first kappa shape index (κ1) is 17.5. The van der Waals surface area contributed by atoms with Gasteiger partial charge in [0.2, 0.25) is 0 Å². The van der Waals surface area contributed by atoms with Crippen LogP contribution in [0.25, 0.3) is 0 Å². The lowest BCUT2D eigenvalue weighted by Gasteiger charge is -2.19. The highest BCUT2D eigenvalue weighted by Gasteiger charge is 2.15. The van der Waals surface area contributed by atoms with Crippen LogP contribution in [0.1, 0.15) is 51.7 Å². The molecule has 0 heterocycles. The second kappa shape index (κ2) is 8.03. The van der Waals surface area contributed by atoms with Crippen LogP contribution in [0.2, 0.25) is 0 Å². The van der Waals surface area contributed by atoms with Gasteiger partial charge in [-0.25, -0.2) is 4.79 Å². The largest absolute Gasteiger partial charge is 0.444 e. The van der Waals surface area contributed by atoms with Gasteiger partial charge in [-0.2, -0.15) is 0 Å². The third kappa shape index (κ3) is 7.71. The Morgan fingerprint density at radius 3 is 2.29 bits per heavy atom. The highest BCUT2D eigenvalue weighted by atomic mass is 16.6. The van der Waals surface area contributed by atoms with Crippen molar-refractivity contribution in [2.75, 3.05) is 13.1 Å². The number of ether oxygens (including phenoxy) is 1. The van der Waals surface area contributed by atoms with Gasteiger partial charge in [-0.1, -0.05) is 38.1 Å². The Balaban J connectivity index is 2.18. The Kier molecular flexibility index (Phi) is 6.69. The minimum absolute atomic E-state index is 0.370. The van der Waals surface area contributed by atoms with Gasteiger partial charge in [0.1, 0.15) is 5.60 Å². The van der Waals surface area contributed by atoms with Crippen molar-refractivity contribution in [3.8, 4) is 0 Å². The van der Waals surface area contributed by atoms with Crippen LogP contribution in [0.15, 0.2) is 24.3 Å². The predicted octanol–water partition coefficient (Wildman–Crippen LogP) is 3.42. The second-order valence-electron chi connectivity index (χ2n) is 6.50. The van der Waals surface area contributed by atoms with E-state index in [1.807, 2.05) is 20.8 Å². The molecular formula is C17H28N2O2. The average Bonchev–Trinajstić information content (AvgIpc) is 2.36. The van der Waals surface area contributed by atoms with Crippen LogP contribution in [0.3, 0.4) is 0 Å². The Labute approximate surface area is 128 Å². The van der Waals surface area contributed by atoms with E-state index in [1.165, 1.54) is 11.1 Å². The van der Waals surface area contributed by atoms with Crippen molar-refractivity contribution >= 4 is 6.09 Å². The zero-order valence-electron chi connectivity index (χ0n) is 13.8. The molecule has 0 fully saturated rings. The van der Waals surface area contributed by atoms with Crippen LogP contribution in [0.4, 0.5) is 4.79 Å². The number of hydrogen-bond donors (Lipinski definition) is 2. The Morgan fingerprint density at radius 1 is 1.14 bits per heavy atom. The molecule has 4 heteroatoms. The lowest BCUT2D eigenvalue weighted by atomic mass is 10.0. The maximum Gasteiger partial charge on any atom is 0.407 e. The maximum absolute atomic E-state index is 11.4. The minimum Gasteiger partial charge on any atom is -0.444 e. The van der Waals surface area contributed by atoms with Gasteiger partial charge in [-0.3, -0.25) is 0 Å². The monoisotopic (exact) mass is 292 g/mol. The fraction of sp³-hybridized carbons (Fsp3) is 0.588. The van der Waals surface area contributed by atoms with Crippen molar-refractivity contribution in [1.82, 2.24) is 10.6 Å². The summed E-state index contributed by atoms with van der Waals surface area (Å²) in [5, 5.41) is 6.02. The molecule has 0 unspecified atom stereocenters. The quantitative estimate of drug-likeness (QED) is 0.790. The van der Waals surface area contributed by atoms with Crippen molar-refractivity contribution in [1.29, 1.82) is 0 Å². The molecule has 1 amide bonds. The molecule has 0 aromatic heterocycles. The van der Waals surface area contributed by atoms with Crippen LogP contribution in [-0.2, 0) is 11.3 Å². The molecule has 2 N–H and O–H groups in total. The molecule has 1 aromatic carbocycles. The van der Waals surface area contributed by atoms with Gasteiger partial charge >= 0.3 is 6.09 Å². The first-order chi connectivity index (χ1) is 9.78. The predicted molar refractivity (Wildman–Crippen MR) is 86.5 cm³/mol. The molecule has 21 heavy (non-hydrogen) atoms. The normalized spacial score (nSPS) is 11.5. The molecule has 4 nitrogen and oxygen atoms in total. The van der Waals surface area contributed by atoms with E-state index in [2.05, 4.69) is 48.7 Å². The van der Waals surface area contributed by atoms with Gasteiger partial charge in [-0.15, -0.1) is 0 Å². The van der Waals surface area contributed by atoms with Crippen molar-refractivity contribution in [2.24, 2.45) is 0 Å². The van der Waals surface area contributed by atoms with Gasteiger partial charge in [0.25, 0.3) is 0 Å². The number of alkyl carbamates (subject to hydrolysis) is 1. The summed E-state index contributed by atoms with van der Waals surface area (Å²) in [5.41, 5.74) is 2.15. The van der Waals surface area contributed by atoms with Crippen LogP contribution in [-0.4, -0.2) is 24.8 Å². The lowest BCUT2D eigenvalue weighted by molar-refractivity contribution is 0.0528. The molecule has 0 spiro atoms. The second-order valence-corrected chi connectivity index (χ2v) is 6.50. The Morgan fingerprint density at radius 2 is 1.76 bits per heavy atom. The number of rotatable bonds is 6. The van der Waals surface area contributed by atoms with Gasteiger partial charge in [0, 0.05) is 19.6 Å². The summed E-state index contributed by atoms with van der Waals surface area (Å²) in [4.78, 5) is 11.4. The summed E-state index contributed by atoms with van der Waals surface area (Å²) in [6.07, 6.45) is -0.370. The highest BCUT2D eigenvalue weighted by molar-refractivity contribution is 5.67. The summed E-state index contributed by atoms with van der Waals surface area (Å²) in [6.45, 7) is 12.0. The maximum atomic E-state index is 11.4. The molecule has 1 rings (SSSR count). The number of nitrogens with one attached hydrogen (secondary N) is 2. The molecule has 0 saturated carbocycles. The van der Waals surface area contributed by atoms with Crippen LogP contribution >= 0.6 is 0 Å². The van der Waals surface area contributed by atoms with E-state index >= 15 is 0 Å². The van der Waals surface area contributed by atoms with Crippen LogP contribution in [0, 0.1) is 0 Å². The summed E-state index contributed by atoms with van der Waals surface area (Å²) in [7, 11) is 0. The molecule has 0 saturated heterocycles. The number of amides is 1. The van der Waals surface area contributed by atoms with E-state index in [9.17, 15) is 4.79 Å². The van der Waals surface area contributed by atoms with E-state index in [0.29, 0.717) is 19.0 Å². The van der Waals surface area contributed by atoms with Gasteiger partial charge in [-0.05, 0) is 37.8 Å². The number of benzene rings is 1. The molecular weight excluding hydrogens is 264 g/mol. The van der Waals surface area contributed by atoms with Crippen molar-refractivity contribution in [3.05, 3.63) is 35.4 Å². The van der Waals surface area contributed by atoms with Crippen LogP contribution < -0.4 is 10.6 Å². The Bertz CT molecular complexity index is 433. The zero-order valence-corrected chi connectivity index (χ0v) is 13.8. The van der Waals surface area contributed by atoms with Gasteiger partial charge in [0.15, 0.2) is 0 Å². The highest BCUT2D eigenvalue weighted by Crippen LogP contribution is 2.14. The van der Waals surface area contributed by atoms with Crippen molar-refractivity contribution < 1.29 is 9.53 Å². The molecule has 0 aliphatic heterocycles. The summed E-state index contributed by atoms with van der Waals surface area (Å²) in [5.74, 6) is 0.560. The molecule has 0 aliphatic carbocycles. The molecule has 118 valence electrons. The average molecular weight is 292 g/mol. The fourth-order valence-corrected chi connectivity index (χ4v) is 1.82. The number of hydrogen-bond acceptors (Lipinski definition) is 3. The van der Waals surface area contributed by atoms with E-state index in [1.54, 1.807) is 0 Å². The molecule has 1 aromatic rings. The van der Waals surface area contributed by atoms with Gasteiger partial charge < -0.3 is 15.4 Å². The minimum atomic E-state index is -0.449. The first-order valence-corrected chi connectivity index (χ1v) is 7.54. The summed E-state index contributed by atoms with van der Waals surface area (Å²) < 4.78 is 5.16. The van der Waals surface area contributed by atoms with Gasteiger partial charge in [0.05, 0.1) is 0 Å². The molecule has 0 radical (unpaired) electrons. The van der Waals surface area contributed by atoms with E-state index in [4.69, 9.17) is 4.74 Å². The van der Waals surface area contributed by atoms with E-state index < -0.39 is 5.60 Å². The lowest BCUT2D eigenvalue weighted by Crippen LogP contribution is -2.36.